The number of nitrogens with zero attached hydrogens (tertiary/aromatic N) is 2. The third kappa shape index (κ3) is 3.53. The van der Waals surface area contributed by atoms with E-state index < -0.39 is 0 Å². The van der Waals surface area contributed by atoms with Gasteiger partial charge in [0.25, 0.3) is 0 Å². The minimum absolute atomic E-state index is 0.362. The normalized spacial score (nSPS) is 19.1. The predicted octanol–water partition coefficient (Wildman–Crippen LogP) is 3.48. The first-order valence-corrected chi connectivity index (χ1v) is 8.09. The molecule has 1 unspecified atom stereocenters. The first-order chi connectivity index (χ1) is 9.81. The highest BCUT2D eigenvalue weighted by Crippen LogP contribution is 2.26. The fraction of sp³-hybridized carbons (Fsp3) is 0.429. The lowest BCUT2D eigenvalue weighted by Crippen LogP contribution is -2.28. The Bertz CT molecular complexity index is 569. The zero-order valence-corrected chi connectivity index (χ0v) is 12.6. The maximum absolute atomic E-state index is 5.96. The summed E-state index contributed by atoms with van der Waals surface area (Å²) in [5.74, 6) is 2.57. The van der Waals surface area contributed by atoms with E-state index in [0.29, 0.717) is 11.7 Å². The molecule has 3 rings (SSSR count). The van der Waals surface area contributed by atoms with Crippen LogP contribution in [0.25, 0.3) is 0 Å². The van der Waals surface area contributed by atoms with Crippen LogP contribution in [0, 0.1) is 0 Å². The van der Waals surface area contributed by atoms with Gasteiger partial charge in [0, 0.05) is 16.5 Å². The number of thioether (sulfide) groups is 1. The SMILES string of the molecule is Clc1cccc(SCc2noc(C3CCCNC3)n2)c1. The minimum Gasteiger partial charge on any atom is -0.339 e. The first-order valence-electron chi connectivity index (χ1n) is 6.73. The summed E-state index contributed by atoms with van der Waals surface area (Å²) in [6.07, 6.45) is 2.29. The molecule has 1 aromatic carbocycles. The molecule has 1 fully saturated rings. The molecule has 1 aliphatic heterocycles. The van der Waals surface area contributed by atoms with Crippen LogP contribution in [-0.4, -0.2) is 23.2 Å². The van der Waals surface area contributed by atoms with E-state index in [4.69, 9.17) is 16.1 Å². The molecule has 0 saturated carbocycles. The van der Waals surface area contributed by atoms with E-state index in [1.54, 1.807) is 11.8 Å². The van der Waals surface area contributed by atoms with Crippen LogP contribution in [-0.2, 0) is 5.75 Å². The molecular formula is C14H16ClN3OS. The van der Waals surface area contributed by atoms with Crippen molar-refractivity contribution < 1.29 is 4.52 Å². The van der Waals surface area contributed by atoms with Crippen LogP contribution in [0.2, 0.25) is 5.02 Å². The van der Waals surface area contributed by atoms with Gasteiger partial charge in [-0.15, -0.1) is 11.8 Å². The van der Waals surface area contributed by atoms with Crippen molar-refractivity contribution in [3.63, 3.8) is 0 Å². The lowest BCUT2D eigenvalue weighted by atomic mass is 10.00. The fourth-order valence-electron chi connectivity index (χ4n) is 2.26. The van der Waals surface area contributed by atoms with E-state index in [-0.39, 0.29) is 0 Å². The Labute approximate surface area is 127 Å². The smallest absolute Gasteiger partial charge is 0.231 e. The summed E-state index contributed by atoms with van der Waals surface area (Å²) in [4.78, 5) is 5.61. The van der Waals surface area contributed by atoms with Crippen molar-refractivity contribution in [3.05, 3.63) is 41.0 Å². The van der Waals surface area contributed by atoms with Gasteiger partial charge in [-0.05, 0) is 37.6 Å². The van der Waals surface area contributed by atoms with E-state index in [9.17, 15) is 0 Å². The van der Waals surface area contributed by atoms with Gasteiger partial charge in [0.1, 0.15) is 0 Å². The van der Waals surface area contributed by atoms with Crippen molar-refractivity contribution in [2.75, 3.05) is 13.1 Å². The lowest BCUT2D eigenvalue weighted by Gasteiger charge is -2.18. The van der Waals surface area contributed by atoms with Crippen LogP contribution in [0.1, 0.15) is 30.5 Å². The maximum atomic E-state index is 5.96. The zero-order chi connectivity index (χ0) is 13.8. The van der Waals surface area contributed by atoms with Gasteiger partial charge in [0.2, 0.25) is 5.89 Å². The molecule has 20 heavy (non-hydrogen) atoms. The minimum atomic E-state index is 0.362. The van der Waals surface area contributed by atoms with E-state index in [1.165, 1.54) is 6.42 Å². The Kier molecular flexibility index (Phi) is 4.60. The van der Waals surface area contributed by atoms with Crippen molar-refractivity contribution >= 4 is 23.4 Å². The number of halogens is 1. The van der Waals surface area contributed by atoms with Crippen LogP contribution in [0.5, 0.6) is 0 Å². The molecule has 2 heterocycles. The average Bonchev–Trinajstić information content (AvgIpc) is 2.95. The van der Waals surface area contributed by atoms with Gasteiger partial charge in [0.15, 0.2) is 5.82 Å². The van der Waals surface area contributed by atoms with Crippen LogP contribution in [0.3, 0.4) is 0 Å². The summed E-state index contributed by atoms with van der Waals surface area (Å²) < 4.78 is 5.38. The molecule has 2 aromatic rings. The van der Waals surface area contributed by atoms with Gasteiger partial charge in [-0.3, -0.25) is 0 Å². The molecule has 0 spiro atoms. The Morgan fingerprint density at radius 2 is 2.40 bits per heavy atom. The van der Waals surface area contributed by atoms with Gasteiger partial charge in [0.05, 0.1) is 11.7 Å². The fourth-order valence-corrected chi connectivity index (χ4v) is 3.31. The number of aromatic nitrogens is 2. The summed E-state index contributed by atoms with van der Waals surface area (Å²) in [5, 5.41) is 8.17. The second kappa shape index (κ2) is 6.61. The van der Waals surface area contributed by atoms with E-state index in [0.717, 1.165) is 41.1 Å². The number of hydrogen-bond donors (Lipinski definition) is 1. The maximum Gasteiger partial charge on any atom is 0.231 e. The molecule has 1 aliphatic rings. The van der Waals surface area contributed by atoms with Crippen molar-refractivity contribution in [1.29, 1.82) is 0 Å². The molecule has 1 aromatic heterocycles. The van der Waals surface area contributed by atoms with Gasteiger partial charge < -0.3 is 9.84 Å². The molecule has 1 saturated heterocycles. The molecule has 0 aliphatic carbocycles. The van der Waals surface area contributed by atoms with Gasteiger partial charge in [-0.25, -0.2) is 0 Å². The summed E-state index contributed by atoms with van der Waals surface area (Å²) in [7, 11) is 0. The van der Waals surface area contributed by atoms with Gasteiger partial charge in [-0.2, -0.15) is 4.98 Å². The largest absolute Gasteiger partial charge is 0.339 e. The van der Waals surface area contributed by atoms with E-state index in [2.05, 4.69) is 15.5 Å². The number of hydrogen-bond acceptors (Lipinski definition) is 5. The van der Waals surface area contributed by atoms with Crippen LogP contribution in [0.15, 0.2) is 33.7 Å². The second-order valence-corrected chi connectivity index (χ2v) is 6.32. The van der Waals surface area contributed by atoms with Crippen molar-refractivity contribution in [3.8, 4) is 0 Å². The van der Waals surface area contributed by atoms with E-state index >= 15 is 0 Å². The first kappa shape index (κ1) is 13.9. The summed E-state index contributed by atoms with van der Waals surface area (Å²) in [6, 6.07) is 7.79. The molecule has 106 valence electrons. The standard InChI is InChI=1S/C14H16ClN3OS/c15-11-4-1-5-12(7-11)20-9-13-17-14(19-18-13)10-3-2-6-16-8-10/h1,4-5,7,10,16H,2-3,6,8-9H2. The molecule has 0 radical (unpaired) electrons. The van der Waals surface area contributed by atoms with Crippen molar-refractivity contribution in [2.24, 2.45) is 0 Å². The Morgan fingerprint density at radius 3 is 3.20 bits per heavy atom. The quantitative estimate of drug-likeness (QED) is 0.876. The highest BCUT2D eigenvalue weighted by atomic mass is 35.5. The highest BCUT2D eigenvalue weighted by molar-refractivity contribution is 7.98. The molecule has 0 bridgehead atoms. The predicted molar refractivity (Wildman–Crippen MR) is 80.2 cm³/mol. The number of rotatable bonds is 4. The molecule has 1 N–H and O–H groups in total. The van der Waals surface area contributed by atoms with Gasteiger partial charge in [-0.1, -0.05) is 22.8 Å². The molecule has 6 heteroatoms. The van der Waals surface area contributed by atoms with E-state index in [1.807, 2.05) is 24.3 Å². The zero-order valence-electron chi connectivity index (χ0n) is 11.0. The summed E-state index contributed by atoms with van der Waals surface area (Å²) in [5.41, 5.74) is 0. The second-order valence-electron chi connectivity index (χ2n) is 4.84. The van der Waals surface area contributed by atoms with Crippen molar-refractivity contribution in [2.45, 2.75) is 29.4 Å². The highest BCUT2D eigenvalue weighted by Gasteiger charge is 2.21. The Balaban J connectivity index is 1.59. The third-order valence-electron chi connectivity index (χ3n) is 3.29. The van der Waals surface area contributed by atoms with Crippen LogP contribution in [0.4, 0.5) is 0 Å². The monoisotopic (exact) mass is 309 g/mol. The molecule has 4 nitrogen and oxygen atoms in total. The number of nitrogens with one attached hydrogen (secondary N) is 1. The Hall–Kier alpha value is -1.04. The van der Waals surface area contributed by atoms with Gasteiger partial charge >= 0.3 is 0 Å². The lowest BCUT2D eigenvalue weighted by molar-refractivity contribution is 0.320. The van der Waals surface area contributed by atoms with Crippen molar-refractivity contribution in [1.82, 2.24) is 15.5 Å². The molecular weight excluding hydrogens is 294 g/mol. The third-order valence-corrected chi connectivity index (χ3v) is 4.52. The van der Waals surface area contributed by atoms with Crippen LogP contribution >= 0.6 is 23.4 Å². The topological polar surface area (TPSA) is 51.0 Å². The number of benzene rings is 1. The summed E-state index contributed by atoms with van der Waals surface area (Å²) >= 11 is 7.62. The summed E-state index contributed by atoms with van der Waals surface area (Å²) in [6.45, 7) is 2.02. The molecule has 0 amide bonds. The Morgan fingerprint density at radius 1 is 1.45 bits per heavy atom. The molecule has 1 atom stereocenters. The average molecular weight is 310 g/mol. The van der Waals surface area contributed by atoms with Crippen LogP contribution < -0.4 is 5.32 Å². The number of piperidine rings is 1.